The fraction of sp³-hybridized carbons (Fsp3) is 0.562. The molecule has 1 fully saturated rings. The zero-order valence-electron chi connectivity index (χ0n) is 12.6. The Labute approximate surface area is 129 Å². The Balaban J connectivity index is 2.48. The minimum atomic E-state index is -1.23. The van der Waals surface area contributed by atoms with Crippen molar-refractivity contribution < 1.29 is 19.6 Å². The lowest BCUT2D eigenvalue weighted by Crippen LogP contribution is -2.47. The van der Waals surface area contributed by atoms with E-state index in [0.717, 1.165) is 0 Å². The second-order valence-electron chi connectivity index (χ2n) is 5.65. The van der Waals surface area contributed by atoms with Crippen LogP contribution in [0.1, 0.15) is 37.7 Å². The van der Waals surface area contributed by atoms with Crippen molar-refractivity contribution in [2.45, 2.75) is 38.2 Å². The summed E-state index contributed by atoms with van der Waals surface area (Å²) in [5.74, 6) is -1.23. The number of carbonyl (C=O) groups is 1. The summed E-state index contributed by atoms with van der Waals surface area (Å²) in [6.45, 7) is 1.48. The third-order valence-corrected chi connectivity index (χ3v) is 4.47. The van der Waals surface area contributed by atoms with E-state index in [9.17, 15) is 20.0 Å². The number of rotatable bonds is 6. The van der Waals surface area contributed by atoms with Crippen molar-refractivity contribution in [1.82, 2.24) is 0 Å². The topological polar surface area (TPSA) is 89.7 Å². The zero-order valence-corrected chi connectivity index (χ0v) is 12.6. The van der Waals surface area contributed by atoms with Gasteiger partial charge < -0.3 is 9.84 Å². The highest BCUT2D eigenvalue weighted by molar-refractivity contribution is 5.79. The molecule has 0 unspecified atom stereocenters. The van der Waals surface area contributed by atoms with Crippen LogP contribution in [0.25, 0.3) is 0 Å². The number of hydrogen-bond donors (Lipinski definition) is 1. The van der Waals surface area contributed by atoms with Crippen LogP contribution in [0.2, 0.25) is 0 Å². The molecule has 1 N–H and O–H groups in total. The smallest absolute Gasteiger partial charge is 0.315 e. The van der Waals surface area contributed by atoms with Crippen molar-refractivity contribution in [2.24, 2.45) is 5.41 Å². The standard InChI is InChI=1S/C16H21NO5/c1-2-22-15(19)16(10-6-9-14(16)18)13(11-17(20)21)12-7-4-3-5-8-12/h3-5,7-8,13-14,18H,2,6,9-11H2,1H3/t13-,14+,16-/m0/s1. The molecule has 22 heavy (non-hydrogen) atoms. The second-order valence-corrected chi connectivity index (χ2v) is 5.65. The number of aliphatic hydroxyl groups is 1. The molecule has 1 aromatic rings. The average Bonchev–Trinajstić information content (AvgIpc) is 2.88. The molecular formula is C16H21NO5. The monoisotopic (exact) mass is 307 g/mol. The molecule has 1 saturated carbocycles. The summed E-state index contributed by atoms with van der Waals surface area (Å²) >= 11 is 0. The van der Waals surface area contributed by atoms with Crippen LogP contribution in [0.15, 0.2) is 30.3 Å². The van der Waals surface area contributed by atoms with E-state index in [1.165, 1.54) is 0 Å². The third kappa shape index (κ3) is 2.97. The Morgan fingerprint density at radius 3 is 2.68 bits per heavy atom. The zero-order chi connectivity index (χ0) is 16.2. The first-order valence-electron chi connectivity index (χ1n) is 7.54. The van der Waals surface area contributed by atoms with Crippen LogP contribution in [0, 0.1) is 15.5 Å². The average molecular weight is 307 g/mol. The SMILES string of the molecule is CCOC(=O)[C@]1([C@@H](C[N+](=O)[O-])c2ccccc2)CCC[C@H]1O. The molecule has 1 aromatic carbocycles. The lowest BCUT2D eigenvalue weighted by atomic mass is 9.69. The van der Waals surface area contributed by atoms with Gasteiger partial charge >= 0.3 is 5.97 Å². The van der Waals surface area contributed by atoms with Crippen LogP contribution in [0.4, 0.5) is 0 Å². The van der Waals surface area contributed by atoms with Gasteiger partial charge in [0.2, 0.25) is 6.54 Å². The van der Waals surface area contributed by atoms with Gasteiger partial charge in [-0.1, -0.05) is 30.3 Å². The number of nitrogens with zero attached hydrogens (tertiary/aromatic N) is 1. The molecule has 0 aromatic heterocycles. The maximum absolute atomic E-state index is 12.6. The van der Waals surface area contributed by atoms with Gasteiger partial charge in [-0.3, -0.25) is 14.9 Å². The fourth-order valence-electron chi connectivity index (χ4n) is 3.46. The quantitative estimate of drug-likeness (QED) is 0.494. The van der Waals surface area contributed by atoms with Crippen LogP contribution >= 0.6 is 0 Å². The molecule has 3 atom stereocenters. The molecule has 0 radical (unpaired) electrons. The molecule has 2 rings (SSSR count). The molecule has 120 valence electrons. The third-order valence-electron chi connectivity index (χ3n) is 4.47. The molecule has 0 amide bonds. The largest absolute Gasteiger partial charge is 0.465 e. The van der Waals surface area contributed by atoms with E-state index in [1.807, 2.05) is 6.07 Å². The Hall–Kier alpha value is -1.95. The number of hydrogen-bond acceptors (Lipinski definition) is 5. The maximum atomic E-state index is 12.6. The van der Waals surface area contributed by atoms with Gasteiger partial charge in [-0.25, -0.2) is 0 Å². The van der Waals surface area contributed by atoms with Gasteiger partial charge in [0.25, 0.3) is 0 Å². The summed E-state index contributed by atoms with van der Waals surface area (Å²) in [6.07, 6.45) is 0.595. The summed E-state index contributed by atoms with van der Waals surface area (Å²) < 4.78 is 5.16. The number of esters is 1. The van der Waals surface area contributed by atoms with E-state index in [2.05, 4.69) is 0 Å². The van der Waals surface area contributed by atoms with Crippen molar-refractivity contribution in [3.63, 3.8) is 0 Å². The molecule has 0 saturated heterocycles. The lowest BCUT2D eigenvalue weighted by Gasteiger charge is -2.36. The summed E-state index contributed by atoms with van der Waals surface area (Å²) in [5.41, 5.74) is -0.544. The minimum absolute atomic E-state index is 0.188. The highest BCUT2D eigenvalue weighted by Gasteiger charge is 2.57. The summed E-state index contributed by atoms with van der Waals surface area (Å²) in [4.78, 5) is 23.3. The Bertz CT molecular complexity index is 533. The number of carbonyl (C=O) groups excluding carboxylic acids is 1. The lowest BCUT2D eigenvalue weighted by molar-refractivity contribution is -0.486. The molecule has 0 heterocycles. The number of aliphatic hydroxyl groups excluding tert-OH is 1. The van der Waals surface area contributed by atoms with Gasteiger partial charge in [0, 0.05) is 4.92 Å². The van der Waals surface area contributed by atoms with Crippen molar-refractivity contribution in [3.8, 4) is 0 Å². The Morgan fingerprint density at radius 2 is 2.18 bits per heavy atom. The second kappa shape index (κ2) is 6.87. The van der Waals surface area contributed by atoms with Gasteiger partial charge in [0.05, 0.1) is 18.6 Å². The van der Waals surface area contributed by atoms with Crippen molar-refractivity contribution in [1.29, 1.82) is 0 Å². The van der Waals surface area contributed by atoms with Crippen molar-refractivity contribution in [3.05, 3.63) is 46.0 Å². The van der Waals surface area contributed by atoms with Crippen LogP contribution in [0.5, 0.6) is 0 Å². The molecule has 0 aliphatic heterocycles. The number of benzene rings is 1. The van der Waals surface area contributed by atoms with E-state index in [4.69, 9.17) is 4.74 Å². The van der Waals surface area contributed by atoms with Crippen LogP contribution in [-0.4, -0.2) is 35.3 Å². The predicted octanol–water partition coefficient (Wildman–Crippen LogP) is 2.14. The fourth-order valence-corrected chi connectivity index (χ4v) is 3.46. The highest BCUT2D eigenvalue weighted by atomic mass is 16.6. The predicted molar refractivity (Wildman–Crippen MR) is 80.0 cm³/mol. The minimum Gasteiger partial charge on any atom is -0.465 e. The molecule has 1 aliphatic rings. The first-order valence-corrected chi connectivity index (χ1v) is 7.54. The van der Waals surface area contributed by atoms with E-state index in [-0.39, 0.29) is 6.61 Å². The highest BCUT2D eigenvalue weighted by Crippen LogP contribution is 2.50. The molecule has 1 aliphatic carbocycles. The summed E-state index contributed by atoms with van der Waals surface area (Å²) in [5, 5.41) is 21.6. The summed E-state index contributed by atoms with van der Waals surface area (Å²) in [7, 11) is 0. The molecule has 6 nitrogen and oxygen atoms in total. The van der Waals surface area contributed by atoms with Crippen LogP contribution < -0.4 is 0 Å². The Kier molecular flexibility index (Phi) is 5.13. The van der Waals surface area contributed by atoms with Gasteiger partial charge in [-0.15, -0.1) is 0 Å². The van der Waals surface area contributed by atoms with Crippen molar-refractivity contribution >= 4 is 5.97 Å². The van der Waals surface area contributed by atoms with E-state index in [0.29, 0.717) is 24.8 Å². The van der Waals surface area contributed by atoms with Crippen molar-refractivity contribution in [2.75, 3.05) is 13.2 Å². The van der Waals surface area contributed by atoms with Gasteiger partial charge in [-0.05, 0) is 31.7 Å². The first-order chi connectivity index (χ1) is 10.5. The first kappa shape index (κ1) is 16.4. The van der Waals surface area contributed by atoms with Crippen LogP contribution in [-0.2, 0) is 9.53 Å². The normalized spacial score (nSPS) is 25.6. The van der Waals surface area contributed by atoms with Crippen LogP contribution in [0.3, 0.4) is 0 Å². The van der Waals surface area contributed by atoms with E-state index >= 15 is 0 Å². The van der Waals surface area contributed by atoms with Gasteiger partial charge in [-0.2, -0.15) is 0 Å². The maximum Gasteiger partial charge on any atom is 0.315 e. The van der Waals surface area contributed by atoms with Gasteiger partial charge in [0.1, 0.15) is 5.41 Å². The molecule has 0 spiro atoms. The summed E-state index contributed by atoms with van der Waals surface area (Å²) in [6, 6.07) is 8.90. The van der Waals surface area contributed by atoms with E-state index < -0.39 is 34.9 Å². The molecule has 6 heteroatoms. The van der Waals surface area contributed by atoms with E-state index in [1.54, 1.807) is 31.2 Å². The number of nitro groups is 1. The molecule has 0 bridgehead atoms. The number of ether oxygens (including phenoxy) is 1. The van der Waals surface area contributed by atoms with Gasteiger partial charge in [0.15, 0.2) is 0 Å². The molecular weight excluding hydrogens is 286 g/mol. The Morgan fingerprint density at radius 1 is 1.50 bits per heavy atom.